The van der Waals surface area contributed by atoms with Gasteiger partial charge in [-0.05, 0) is 30.2 Å². The number of aryl methyl sites for hydroxylation is 1. The number of carbonyl (C=O) groups is 1. The Morgan fingerprint density at radius 3 is 2.44 bits per heavy atom. The molecule has 0 radical (unpaired) electrons. The van der Waals surface area contributed by atoms with Gasteiger partial charge < -0.3 is 4.90 Å². The molecule has 0 aliphatic carbocycles. The van der Waals surface area contributed by atoms with Crippen molar-refractivity contribution in [2.75, 3.05) is 26.2 Å². The number of amides is 1. The van der Waals surface area contributed by atoms with Gasteiger partial charge in [-0.25, -0.2) is 13.4 Å². The average molecular weight is 428 g/mol. The number of hydrogen-bond donors (Lipinski definition) is 0. The molecule has 0 saturated carbocycles. The summed E-state index contributed by atoms with van der Waals surface area (Å²) in [4.78, 5) is 18.2. The third kappa shape index (κ3) is 4.43. The lowest BCUT2D eigenvalue weighted by Gasteiger charge is -2.34. The van der Waals surface area contributed by atoms with Crippen LogP contribution >= 0.6 is 23.2 Å². The molecule has 1 fully saturated rings. The first-order chi connectivity index (χ1) is 12.8. The van der Waals surface area contributed by atoms with Crippen molar-refractivity contribution in [2.24, 2.45) is 0 Å². The van der Waals surface area contributed by atoms with Gasteiger partial charge >= 0.3 is 0 Å². The average Bonchev–Trinajstić information content (AvgIpc) is 2.65. The predicted octanol–water partition coefficient (Wildman–Crippen LogP) is 2.77. The lowest BCUT2D eigenvalue weighted by Crippen LogP contribution is -2.50. The van der Waals surface area contributed by atoms with Gasteiger partial charge in [0.1, 0.15) is 10.0 Å². The van der Waals surface area contributed by atoms with Gasteiger partial charge in [0.25, 0.3) is 0 Å². The minimum Gasteiger partial charge on any atom is -0.340 e. The summed E-state index contributed by atoms with van der Waals surface area (Å²) in [5, 5.41) is 0.835. The zero-order valence-corrected chi connectivity index (χ0v) is 17.1. The summed E-state index contributed by atoms with van der Waals surface area (Å²) >= 11 is 12.0. The molecule has 1 aromatic carbocycles. The molecular formula is C18H19Cl2N3O3S. The van der Waals surface area contributed by atoms with E-state index in [2.05, 4.69) is 4.98 Å². The van der Waals surface area contributed by atoms with Crippen LogP contribution in [0.25, 0.3) is 0 Å². The maximum atomic E-state index is 12.8. The van der Waals surface area contributed by atoms with Gasteiger partial charge in [-0.2, -0.15) is 4.31 Å². The Morgan fingerprint density at radius 1 is 1.15 bits per heavy atom. The van der Waals surface area contributed by atoms with Crippen LogP contribution in [0.4, 0.5) is 0 Å². The van der Waals surface area contributed by atoms with Crippen molar-refractivity contribution in [3.8, 4) is 0 Å². The highest BCUT2D eigenvalue weighted by molar-refractivity contribution is 7.89. The standard InChI is InChI=1S/C18H19Cl2N3O3S/c1-13-10-15(12-21-18(13)20)27(25,26)23-8-6-22(7-9-23)17(24)11-14-4-2-3-5-16(14)19/h2-5,10,12H,6-9,11H2,1H3. The minimum atomic E-state index is -3.66. The largest absolute Gasteiger partial charge is 0.340 e. The fourth-order valence-corrected chi connectivity index (χ4v) is 4.68. The first kappa shape index (κ1) is 20.1. The lowest BCUT2D eigenvalue weighted by atomic mass is 10.1. The van der Waals surface area contributed by atoms with E-state index in [9.17, 15) is 13.2 Å². The molecule has 0 bridgehead atoms. The fraction of sp³-hybridized carbons (Fsp3) is 0.333. The zero-order chi connectivity index (χ0) is 19.6. The van der Waals surface area contributed by atoms with Crippen LogP contribution in [0.2, 0.25) is 10.2 Å². The first-order valence-corrected chi connectivity index (χ1v) is 10.6. The maximum absolute atomic E-state index is 12.8. The van der Waals surface area contributed by atoms with Crippen molar-refractivity contribution in [3.63, 3.8) is 0 Å². The van der Waals surface area contributed by atoms with E-state index in [1.807, 2.05) is 18.2 Å². The van der Waals surface area contributed by atoms with E-state index in [4.69, 9.17) is 23.2 Å². The smallest absolute Gasteiger partial charge is 0.244 e. The van der Waals surface area contributed by atoms with Crippen molar-refractivity contribution < 1.29 is 13.2 Å². The van der Waals surface area contributed by atoms with E-state index >= 15 is 0 Å². The van der Waals surface area contributed by atoms with Crippen LogP contribution in [0, 0.1) is 6.92 Å². The number of hydrogen-bond acceptors (Lipinski definition) is 4. The number of pyridine rings is 1. The summed E-state index contributed by atoms with van der Waals surface area (Å²) in [5.41, 5.74) is 1.37. The molecule has 1 aromatic heterocycles. The Morgan fingerprint density at radius 2 is 1.81 bits per heavy atom. The fourth-order valence-electron chi connectivity index (χ4n) is 2.92. The highest BCUT2D eigenvalue weighted by Crippen LogP contribution is 2.22. The summed E-state index contributed by atoms with van der Waals surface area (Å²) in [6.45, 7) is 2.85. The monoisotopic (exact) mass is 427 g/mol. The summed E-state index contributed by atoms with van der Waals surface area (Å²) in [5.74, 6) is -0.0656. The Kier molecular flexibility index (Phi) is 6.05. The molecule has 27 heavy (non-hydrogen) atoms. The minimum absolute atomic E-state index is 0.0656. The van der Waals surface area contributed by atoms with Gasteiger partial charge in [0, 0.05) is 37.4 Å². The molecule has 1 saturated heterocycles. The van der Waals surface area contributed by atoms with E-state index in [1.54, 1.807) is 17.9 Å². The van der Waals surface area contributed by atoms with E-state index in [0.717, 1.165) is 5.56 Å². The van der Waals surface area contributed by atoms with Crippen LogP contribution in [-0.4, -0.2) is 54.7 Å². The van der Waals surface area contributed by atoms with Crippen molar-refractivity contribution >= 4 is 39.1 Å². The molecule has 0 N–H and O–H groups in total. The summed E-state index contributed by atoms with van der Waals surface area (Å²) < 4.78 is 26.9. The van der Waals surface area contributed by atoms with Gasteiger partial charge in [-0.3, -0.25) is 4.79 Å². The third-order valence-electron chi connectivity index (χ3n) is 4.52. The van der Waals surface area contributed by atoms with Gasteiger partial charge in [-0.1, -0.05) is 41.4 Å². The van der Waals surface area contributed by atoms with E-state index in [1.165, 1.54) is 16.6 Å². The number of sulfonamides is 1. The Labute approximate surface area is 168 Å². The molecule has 1 amide bonds. The Balaban J connectivity index is 1.65. The summed E-state index contributed by atoms with van der Waals surface area (Å²) in [6, 6.07) is 8.72. The SMILES string of the molecule is Cc1cc(S(=O)(=O)N2CCN(C(=O)Cc3ccccc3Cl)CC2)cnc1Cl. The van der Waals surface area contributed by atoms with E-state index < -0.39 is 10.0 Å². The van der Waals surface area contributed by atoms with Crippen molar-refractivity contribution in [1.82, 2.24) is 14.2 Å². The quantitative estimate of drug-likeness (QED) is 0.703. The molecule has 2 aromatic rings. The highest BCUT2D eigenvalue weighted by Gasteiger charge is 2.30. The predicted molar refractivity (Wildman–Crippen MR) is 104 cm³/mol. The van der Waals surface area contributed by atoms with Gasteiger partial charge in [-0.15, -0.1) is 0 Å². The molecular weight excluding hydrogens is 409 g/mol. The second kappa shape index (κ2) is 8.14. The van der Waals surface area contributed by atoms with E-state index in [0.29, 0.717) is 23.7 Å². The van der Waals surface area contributed by atoms with Gasteiger partial charge in [0.2, 0.25) is 15.9 Å². The number of aromatic nitrogens is 1. The summed E-state index contributed by atoms with van der Waals surface area (Å²) in [7, 11) is -3.66. The number of nitrogens with zero attached hydrogens (tertiary/aromatic N) is 3. The third-order valence-corrected chi connectivity index (χ3v) is 7.15. The van der Waals surface area contributed by atoms with Crippen LogP contribution in [0.5, 0.6) is 0 Å². The summed E-state index contributed by atoms with van der Waals surface area (Å²) in [6.07, 6.45) is 1.46. The van der Waals surface area contributed by atoms with Crippen LogP contribution in [0.1, 0.15) is 11.1 Å². The van der Waals surface area contributed by atoms with Crippen molar-refractivity contribution in [3.05, 3.63) is 57.8 Å². The number of halogens is 2. The number of piperazine rings is 1. The van der Waals surface area contributed by atoms with Crippen LogP contribution < -0.4 is 0 Å². The topological polar surface area (TPSA) is 70.6 Å². The van der Waals surface area contributed by atoms with Crippen molar-refractivity contribution in [2.45, 2.75) is 18.2 Å². The number of rotatable bonds is 4. The van der Waals surface area contributed by atoms with Gasteiger partial charge in [0.05, 0.1) is 6.42 Å². The molecule has 9 heteroatoms. The molecule has 3 rings (SSSR count). The molecule has 144 valence electrons. The highest BCUT2D eigenvalue weighted by atomic mass is 35.5. The maximum Gasteiger partial charge on any atom is 0.244 e. The Hall–Kier alpha value is -1.67. The van der Waals surface area contributed by atoms with E-state index in [-0.39, 0.29) is 35.5 Å². The van der Waals surface area contributed by atoms with Crippen LogP contribution in [-0.2, 0) is 21.2 Å². The molecule has 0 unspecified atom stereocenters. The molecule has 2 heterocycles. The first-order valence-electron chi connectivity index (χ1n) is 8.42. The Bertz CT molecular complexity index is 958. The normalized spacial score (nSPS) is 15.7. The van der Waals surface area contributed by atoms with Crippen LogP contribution in [0.3, 0.4) is 0 Å². The lowest BCUT2D eigenvalue weighted by molar-refractivity contribution is -0.131. The van der Waals surface area contributed by atoms with Crippen LogP contribution in [0.15, 0.2) is 41.4 Å². The number of benzene rings is 1. The number of carbonyl (C=O) groups excluding carboxylic acids is 1. The molecule has 1 aliphatic heterocycles. The second-order valence-corrected chi connectivity index (χ2v) is 9.03. The molecule has 6 nitrogen and oxygen atoms in total. The van der Waals surface area contributed by atoms with Gasteiger partial charge in [0.15, 0.2) is 0 Å². The zero-order valence-electron chi connectivity index (χ0n) is 14.7. The molecule has 0 atom stereocenters. The second-order valence-electron chi connectivity index (χ2n) is 6.33. The molecule has 0 spiro atoms. The van der Waals surface area contributed by atoms with Crippen molar-refractivity contribution in [1.29, 1.82) is 0 Å². The molecule has 1 aliphatic rings.